The van der Waals surface area contributed by atoms with Crippen LogP contribution in [0.2, 0.25) is 0 Å². The number of hydrogen-bond donors (Lipinski definition) is 3. The molecular weight excluding hydrogens is 330 g/mol. The summed E-state index contributed by atoms with van der Waals surface area (Å²) < 4.78 is 0. The predicted molar refractivity (Wildman–Crippen MR) is 99.3 cm³/mol. The van der Waals surface area contributed by atoms with E-state index in [2.05, 4.69) is 36.1 Å². The van der Waals surface area contributed by atoms with Gasteiger partial charge in [0.05, 0.1) is 5.56 Å². The van der Waals surface area contributed by atoms with Crippen LogP contribution >= 0.6 is 0 Å². The first-order valence-corrected chi connectivity index (χ1v) is 8.16. The Kier molecular flexibility index (Phi) is 5.66. The number of carbonyl (C=O) groups is 1. The topological polar surface area (TPSA) is 105 Å². The van der Waals surface area contributed by atoms with Crippen molar-refractivity contribution in [2.24, 2.45) is 0 Å². The summed E-state index contributed by atoms with van der Waals surface area (Å²) in [7, 11) is 0. The largest absolute Gasteiger partial charge is 0.367 e. The van der Waals surface area contributed by atoms with Crippen molar-refractivity contribution in [1.82, 2.24) is 25.5 Å². The van der Waals surface area contributed by atoms with Crippen LogP contribution in [0.5, 0.6) is 0 Å². The summed E-state index contributed by atoms with van der Waals surface area (Å²) in [5.74, 6) is 1.79. The smallest absolute Gasteiger partial charge is 0.252 e. The maximum Gasteiger partial charge on any atom is 0.252 e. The molecule has 0 aliphatic rings. The van der Waals surface area contributed by atoms with Gasteiger partial charge in [0.2, 0.25) is 0 Å². The van der Waals surface area contributed by atoms with Gasteiger partial charge in [0, 0.05) is 31.7 Å². The number of rotatable bonds is 7. The summed E-state index contributed by atoms with van der Waals surface area (Å²) in [5.41, 5.74) is 1.63. The van der Waals surface area contributed by atoms with Crippen LogP contribution in [0.15, 0.2) is 55.0 Å². The highest BCUT2D eigenvalue weighted by molar-refractivity contribution is 5.93. The van der Waals surface area contributed by atoms with Crippen LogP contribution in [0.25, 0.3) is 0 Å². The van der Waals surface area contributed by atoms with E-state index in [1.807, 2.05) is 31.2 Å². The van der Waals surface area contributed by atoms with Crippen molar-refractivity contribution in [3.63, 3.8) is 0 Å². The van der Waals surface area contributed by atoms with Crippen LogP contribution in [0, 0.1) is 6.92 Å². The molecule has 3 aromatic heterocycles. The first kappa shape index (κ1) is 17.3. The van der Waals surface area contributed by atoms with Gasteiger partial charge in [-0.1, -0.05) is 6.07 Å². The van der Waals surface area contributed by atoms with Gasteiger partial charge >= 0.3 is 0 Å². The summed E-state index contributed by atoms with van der Waals surface area (Å²) in [6, 6.07) is 10.9. The van der Waals surface area contributed by atoms with Gasteiger partial charge in [-0.25, -0.2) is 4.98 Å². The molecule has 0 aromatic carbocycles. The van der Waals surface area contributed by atoms with E-state index in [0.717, 1.165) is 5.56 Å². The lowest BCUT2D eigenvalue weighted by atomic mass is 10.3. The van der Waals surface area contributed by atoms with Crippen molar-refractivity contribution in [2.45, 2.75) is 6.92 Å². The Morgan fingerprint density at radius 3 is 2.46 bits per heavy atom. The number of aryl methyl sites for hydroxylation is 1. The molecule has 1 amide bonds. The second kappa shape index (κ2) is 8.52. The average molecular weight is 349 g/mol. The van der Waals surface area contributed by atoms with Crippen LogP contribution in [0.3, 0.4) is 0 Å². The van der Waals surface area contributed by atoms with Crippen LogP contribution in [-0.2, 0) is 0 Å². The van der Waals surface area contributed by atoms with Crippen molar-refractivity contribution >= 4 is 23.4 Å². The van der Waals surface area contributed by atoms with Crippen molar-refractivity contribution in [2.75, 3.05) is 23.7 Å². The molecule has 0 aliphatic carbocycles. The maximum atomic E-state index is 11.9. The number of aromatic nitrogens is 4. The van der Waals surface area contributed by atoms with Gasteiger partial charge in [-0.05, 0) is 42.8 Å². The molecule has 132 valence electrons. The van der Waals surface area contributed by atoms with Crippen LogP contribution < -0.4 is 16.0 Å². The molecule has 0 atom stereocenters. The highest BCUT2D eigenvalue weighted by Gasteiger charge is 2.04. The number of nitrogens with zero attached hydrogens (tertiary/aromatic N) is 4. The second-order valence-electron chi connectivity index (χ2n) is 5.57. The summed E-state index contributed by atoms with van der Waals surface area (Å²) in [6.45, 7) is 2.98. The van der Waals surface area contributed by atoms with Gasteiger partial charge in [-0.3, -0.25) is 9.78 Å². The van der Waals surface area contributed by atoms with E-state index in [1.165, 1.54) is 6.20 Å². The van der Waals surface area contributed by atoms with E-state index in [-0.39, 0.29) is 5.91 Å². The van der Waals surface area contributed by atoms with Gasteiger partial charge in [0.1, 0.15) is 11.6 Å². The van der Waals surface area contributed by atoms with Crippen molar-refractivity contribution in [3.8, 4) is 0 Å². The fourth-order valence-electron chi connectivity index (χ4n) is 2.13. The Morgan fingerprint density at radius 2 is 1.77 bits per heavy atom. The Bertz CT molecular complexity index is 836. The zero-order valence-electron chi connectivity index (χ0n) is 14.3. The third-order valence-electron chi connectivity index (χ3n) is 3.47. The van der Waals surface area contributed by atoms with Crippen molar-refractivity contribution < 1.29 is 4.79 Å². The third-order valence-corrected chi connectivity index (χ3v) is 3.47. The van der Waals surface area contributed by atoms with E-state index in [0.29, 0.717) is 36.1 Å². The molecule has 3 heterocycles. The molecule has 26 heavy (non-hydrogen) atoms. The zero-order valence-corrected chi connectivity index (χ0v) is 14.3. The minimum absolute atomic E-state index is 0.156. The summed E-state index contributed by atoms with van der Waals surface area (Å²) in [5, 5.41) is 17.2. The molecular formula is C18H19N7O. The maximum absolute atomic E-state index is 11.9. The summed E-state index contributed by atoms with van der Waals surface area (Å²) in [6.07, 6.45) is 4.94. The molecule has 0 unspecified atom stereocenters. The van der Waals surface area contributed by atoms with E-state index in [1.54, 1.807) is 24.5 Å². The Balaban J connectivity index is 1.43. The number of hydrogen-bond acceptors (Lipinski definition) is 7. The van der Waals surface area contributed by atoms with Gasteiger partial charge in [-0.15, -0.1) is 10.2 Å². The van der Waals surface area contributed by atoms with Crippen LogP contribution in [0.4, 0.5) is 17.5 Å². The van der Waals surface area contributed by atoms with Crippen molar-refractivity contribution in [1.29, 1.82) is 0 Å². The molecule has 0 aliphatic heterocycles. The molecule has 8 heteroatoms. The molecule has 0 bridgehead atoms. The van der Waals surface area contributed by atoms with E-state index in [9.17, 15) is 4.79 Å². The number of anilines is 3. The first-order chi connectivity index (χ1) is 12.7. The SMILES string of the molecule is Cc1ccc(Nc2ccc(NCCNC(=O)c3cccnc3)nn2)nc1. The molecule has 3 N–H and O–H groups in total. The minimum atomic E-state index is -0.156. The molecule has 0 saturated carbocycles. The third kappa shape index (κ3) is 4.97. The Labute approximate surface area is 151 Å². The average Bonchev–Trinajstić information content (AvgIpc) is 2.69. The first-order valence-electron chi connectivity index (χ1n) is 8.16. The van der Waals surface area contributed by atoms with Gasteiger partial charge < -0.3 is 16.0 Å². The Morgan fingerprint density at radius 1 is 0.962 bits per heavy atom. The quantitative estimate of drug-likeness (QED) is 0.561. The van der Waals surface area contributed by atoms with Gasteiger partial charge in [0.15, 0.2) is 5.82 Å². The highest BCUT2D eigenvalue weighted by Crippen LogP contribution is 2.12. The monoisotopic (exact) mass is 349 g/mol. The van der Waals surface area contributed by atoms with Crippen LogP contribution in [-0.4, -0.2) is 39.2 Å². The van der Waals surface area contributed by atoms with Crippen molar-refractivity contribution in [3.05, 3.63) is 66.1 Å². The fourth-order valence-corrected chi connectivity index (χ4v) is 2.13. The van der Waals surface area contributed by atoms with E-state index in [4.69, 9.17) is 0 Å². The molecule has 3 rings (SSSR count). The molecule has 8 nitrogen and oxygen atoms in total. The standard InChI is InChI=1S/C18H19N7O/c1-13-4-5-15(22-11-13)23-17-7-6-16(24-25-17)20-9-10-21-18(26)14-3-2-8-19-12-14/h2-8,11-12H,9-10H2,1H3,(H,20,24)(H,21,26)(H,22,23,25). The molecule has 0 radical (unpaired) electrons. The Hall–Kier alpha value is -3.55. The lowest BCUT2D eigenvalue weighted by molar-refractivity contribution is 0.0955. The van der Waals surface area contributed by atoms with Crippen LogP contribution in [0.1, 0.15) is 15.9 Å². The predicted octanol–water partition coefficient (Wildman–Crippen LogP) is 2.16. The van der Waals surface area contributed by atoms with E-state index < -0.39 is 0 Å². The molecule has 0 spiro atoms. The van der Waals surface area contributed by atoms with Gasteiger partial charge in [0.25, 0.3) is 5.91 Å². The summed E-state index contributed by atoms with van der Waals surface area (Å²) in [4.78, 5) is 20.1. The zero-order chi connectivity index (χ0) is 18.2. The van der Waals surface area contributed by atoms with Gasteiger partial charge in [-0.2, -0.15) is 0 Å². The summed E-state index contributed by atoms with van der Waals surface area (Å²) >= 11 is 0. The molecule has 0 fully saturated rings. The molecule has 0 saturated heterocycles. The number of pyridine rings is 2. The second-order valence-corrected chi connectivity index (χ2v) is 5.57. The molecule has 3 aromatic rings. The lowest BCUT2D eigenvalue weighted by Gasteiger charge is -2.08. The van der Waals surface area contributed by atoms with E-state index >= 15 is 0 Å². The minimum Gasteiger partial charge on any atom is -0.367 e. The lowest BCUT2D eigenvalue weighted by Crippen LogP contribution is -2.28. The normalized spacial score (nSPS) is 10.2. The number of carbonyl (C=O) groups excluding carboxylic acids is 1. The fraction of sp³-hybridized carbons (Fsp3) is 0.167. The number of amides is 1. The number of nitrogens with one attached hydrogen (secondary N) is 3. The highest BCUT2D eigenvalue weighted by atomic mass is 16.1.